The van der Waals surface area contributed by atoms with E-state index in [1.165, 1.54) is 0 Å². The number of carbonyl (C=O) groups is 3. The molecule has 254 valence electrons. The Balaban J connectivity index is 0.000000360. The van der Waals surface area contributed by atoms with Gasteiger partial charge in [0.15, 0.2) is 0 Å². The molecule has 3 aromatic rings. The Morgan fingerprint density at radius 3 is 2.17 bits per heavy atom. The first-order chi connectivity index (χ1) is 22.3. The van der Waals surface area contributed by atoms with Crippen LogP contribution in [0.5, 0.6) is 5.75 Å². The van der Waals surface area contributed by atoms with Crippen molar-refractivity contribution in [3.05, 3.63) is 93.5 Å². The number of hydrogen-bond acceptors (Lipinski definition) is 5. The number of carbonyl (C=O) groups excluding carboxylic acids is 3. The molecule has 0 unspecified atom stereocenters. The summed E-state index contributed by atoms with van der Waals surface area (Å²) < 4.78 is 6.42. The highest BCUT2D eigenvalue weighted by Crippen LogP contribution is 2.52. The van der Waals surface area contributed by atoms with E-state index in [1.807, 2.05) is 75.4 Å². The second-order valence-electron chi connectivity index (χ2n) is 12.6. The first kappa shape index (κ1) is 37.9. The third-order valence-corrected chi connectivity index (χ3v) is 8.28. The van der Waals surface area contributed by atoms with Crippen molar-refractivity contribution in [2.45, 2.75) is 90.4 Å². The summed E-state index contributed by atoms with van der Waals surface area (Å²) in [6, 6.07) is 20.2. The zero-order valence-electron chi connectivity index (χ0n) is 28.1. The number of halogens is 2. The fraction of sp³-hybridized carbons (Fsp3) is 0.432. The summed E-state index contributed by atoms with van der Waals surface area (Å²) in [5.74, 6) is 0.427. The maximum atomic E-state index is 13.5. The normalized spacial score (nSPS) is 20.2. The number of ether oxygens (including phenoxy) is 1. The molecule has 1 spiro atoms. The van der Waals surface area contributed by atoms with Gasteiger partial charge in [0.05, 0.1) is 11.6 Å². The number of hydrogen-bond donors (Lipinski definition) is 3. The van der Waals surface area contributed by atoms with Crippen molar-refractivity contribution in [2.75, 3.05) is 18.4 Å². The van der Waals surface area contributed by atoms with Gasteiger partial charge >= 0.3 is 0 Å². The lowest BCUT2D eigenvalue weighted by atomic mass is 9.67. The minimum atomic E-state index is -0.944. The van der Waals surface area contributed by atoms with Crippen LogP contribution in [-0.2, 0) is 19.8 Å². The van der Waals surface area contributed by atoms with Gasteiger partial charge in [-0.05, 0) is 70.0 Å². The zero-order chi connectivity index (χ0) is 34.8. The third kappa shape index (κ3) is 10.2. The lowest BCUT2D eigenvalue weighted by Gasteiger charge is -2.41. The van der Waals surface area contributed by atoms with Gasteiger partial charge < -0.3 is 25.4 Å². The smallest absolute Gasteiger partial charge is 0.237 e. The number of nitrogens with one attached hydrogen (secondary N) is 2. The molecule has 8 nitrogen and oxygen atoms in total. The van der Waals surface area contributed by atoms with Crippen LogP contribution in [0.25, 0.3) is 0 Å². The molecule has 3 amide bonds. The second-order valence-corrected chi connectivity index (χ2v) is 13.5. The van der Waals surface area contributed by atoms with Gasteiger partial charge in [-0.2, -0.15) is 0 Å². The number of likely N-dealkylation sites (tertiary alicyclic amines) is 1. The van der Waals surface area contributed by atoms with E-state index in [9.17, 15) is 14.4 Å². The molecule has 3 aliphatic heterocycles. The maximum absolute atomic E-state index is 13.5. The molecule has 10 heteroatoms. The Morgan fingerprint density at radius 1 is 0.957 bits per heavy atom. The summed E-state index contributed by atoms with van der Waals surface area (Å²) >= 11 is 11.7. The third-order valence-electron chi connectivity index (χ3n) is 7.79. The van der Waals surface area contributed by atoms with Crippen molar-refractivity contribution in [1.29, 1.82) is 0 Å². The van der Waals surface area contributed by atoms with Gasteiger partial charge in [-0.25, -0.2) is 0 Å². The Kier molecular flexibility index (Phi) is 13.7. The topological polar surface area (TPSA) is 108 Å². The minimum absolute atomic E-state index is 0.0404. The quantitative estimate of drug-likeness (QED) is 0.245. The highest BCUT2D eigenvalue weighted by molar-refractivity contribution is 6.31. The average Bonchev–Trinajstić information content (AvgIpc) is 3.30. The van der Waals surface area contributed by atoms with Crippen LogP contribution < -0.4 is 15.4 Å². The predicted octanol–water partition coefficient (Wildman–Crippen LogP) is 7.63. The first-order valence-corrected chi connectivity index (χ1v) is 16.9. The van der Waals surface area contributed by atoms with Crippen LogP contribution in [0.4, 0.5) is 5.69 Å². The van der Waals surface area contributed by atoms with Crippen LogP contribution >= 0.6 is 23.2 Å². The van der Waals surface area contributed by atoms with Crippen molar-refractivity contribution < 1.29 is 24.2 Å². The monoisotopic (exact) mass is 683 g/mol. The van der Waals surface area contributed by atoms with E-state index >= 15 is 0 Å². The molecule has 0 saturated carbocycles. The summed E-state index contributed by atoms with van der Waals surface area (Å²) in [4.78, 5) is 38.8. The van der Waals surface area contributed by atoms with Crippen molar-refractivity contribution in [3.63, 3.8) is 0 Å². The van der Waals surface area contributed by atoms with E-state index in [1.54, 1.807) is 37.8 Å². The van der Waals surface area contributed by atoms with E-state index < -0.39 is 17.1 Å². The Labute approximate surface area is 288 Å². The molecule has 3 aromatic carbocycles. The van der Waals surface area contributed by atoms with Gasteiger partial charge in [0.25, 0.3) is 0 Å². The van der Waals surface area contributed by atoms with E-state index in [0.29, 0.717) is 36.0 Å². The van der Waals surface area contributed by atoms with E-state index in [4.69, 9.17) is 33.0 Å². The second kappa shape index (κ2) is 17.0. The number of anilines is 1. The van der Waals surface area contributed by atoms with Crippen LogP contribution in [0.3, 0.4) is 0 Å². The van der Waals surface area contributed by atoms with E-state index in [2.05, 4.69) is 10.6 Å². The van der Waals surface area contributed by atoms with Crippen LogP contribution in [0.2, 0.25) is 10.0 Å². The Bertz CT molecular complexity index is 1500. The number of amides is 3. The standard InChI is InChI=1S/C25H26ClN3O4.C6H5Cl.C4H10O.C2H6/c1-15-2-5-21(33-17-7-10-29(14-30)11-8-17)18(12-15)23-25(9-6-22(31)28-23)19-4-3-16(26)13-20(19)27-24(25)32;7-6-4-2-1-3-5-6;1-4(2,3)5;1-2/h2-5,12-14,17,23H,6-11H2,1H3,(H,27,32)(H,28,31);1-5H;5H,1-3H3;1-2H3/t23-,25-;;;/m1.../s1. The van der Waals surface area contributed by atoms with Gasteiger partial charge in [-0.1, -0.05) is 79.0 Å². The SMILES string of the molecule is CC.CC(C)(C)O.Cc1ccc(OC2CCN(C=O)CC2)c([C@H]2NC(=O)CC[C@]23C(=O)Nc2cc(Cl)ccc23)c1.Clc1ccccc1. The summed E-state index contributed by atoms with van der Waals surface area (Å²) in [6.07, 6.45) is 2.96. The lowest BCUT2D eigenvalue weighted by Crippen LogP contribution is -2.52. The highest BCUT2D eigenvalue weighted by atomic mass is 35.5. The molecule has 2 saturated heterocycles. The summed E-state index contributed by atoms with van der Waals surface area (Å²) in [6.45, 7) is 12.5. The van der Waals surface area contributed by atoms with E-state index in [-0.39, 0.29) is 24.3 Å². The van der Waals surface area contributed by atoms with Crippen molar-refractivity contribution >= 4 is 47.1 Å². The molecule has 0 aliphatic carbocycles. The molecule has 2 atom stereocenters. The number of aliphatic hydroxyl groups is 1. The largest absolute Gasteiger partial charge is 0.490 e. The molecule has 3 aliphatic rings. The van der Waals surface area contributed by atoms with Crippen LogP contribution in [0.15, 0.2) is 66.7 Å². The highest BCUT2D eigenvalue weighted by Gasteiger charge is 2.56. The van der Waals surface area contributed by atoms with Gasteiger partial charge in [0, 0.05) is 53.6 Å². The van der Waals surface area contributed by atoms with Gasteiger partial charge in [0.2, 0.25) is 18.2 Å². The molecule has 0 radical (unpaired) electrons. The summed E-state index contributed by atoms with van der Waals surface area (Å²) in [7, 11) is 0. The fourth-order valence-electron chi connectivity index (χ4n) is 5.75. The molecule has 3 heterocycles. The number of nitrogens with zero attached hydrogens (tertiary/aromatic N) is 1. The molecule has 47 heavy (non-hydrogen) atoms. The Hall–Kier alpha value is -3.59. The molecule has 2 fully saturated rings. The summed E-state index contributed by atoms with van der Waals surface area (Å²) in [5.41, 5.74) is 1.89. The summed E-state index contributed by atoms with van der Waals surface area (Å²) in [5, 5.41) is 16.0. The minimum Gasteiger partial charge on any atom is -0.490 e. The molecular weight excluding hydrogens is 637 g/mol. The molecule has 0 bridgehead atoms. The maximum Gasteiger partial charge on any atom is 0.237 e. The number of aryl methyl sites for hydroxylation is 1. The van der Waals surface area contributed by atoms with Crippen molar-refractivity contribution in [1.82, 2.24) is 10.2 Å². The number of piperidine rings is 2. The average molecular weight is 685 g/mol. The molecule has 6 rings (SSSR count). The van der Waals surface area contributed by atoms with Crippen LogP contribution in [0.1, 0.15) is 83.0 Å². The van der Waals surface area contributed by atoms with Crippen LogP contribution in [-0.4, -0.2) is 53.0 Å². The number of benzene rings is 3. The number of fused-ring (bicyclic) bond motifs is 2. The molecule has 0 aromatic heterocycles. The molecule has 3 N–H and O–H groups in total. The Morgan fingerprint density at radius 2 is 1.60 bits per heavy atom. The van der Waals surface area contributed by atoms with E-state index in [0.717, 1.165) is 41.0 Å². The fourth-order valence-corrected chi connectivity index (χ4v) is 6.07. The van der Waals surface area contributed by atoms with Crippen molar-refractivity contribution in [2.24, 2.45) is 0 Å². The zero-order valence-corrected chi connectivity index (χ0v) is 29.6. The van der Waals surface area contributed by atoms with Gasteiger partial charge in [0.1, 0.15) is 17.3 Å². The van der Waals surface area contributed by atoms with Crippen LogP contribution in [0, 0.1) is 6.92 Å². The predicted molar refractivity (Wildman–Crippen MR) is 189 cm³/mol. The lowest BCUT2D eigenvalue weighted by molar-refractivity contribution is -0.130. The van der Waals surface area contributed by atoms with Crippen molar-refractivity contribution in [3.8, 4) is 5.75 Å². The molecular formula is C37H47Cl2N3O5. The van der Waals surface area contributed by atoms with Gasteiger partial charge in [-0.15, -0.1) is 0 Å². The van der Waals surface area contributed by atoms with Gasteiger partial charge in [-0.3, -0.25) is 14.4 Å². The number of rotatable bonds is 4. The first-order valence-electron chi connectivity index (χ1n) is 16.1.